The lowest BCUT2D eigenvalue weighted by Gasteiger charge is -1.98. The summed E-state index contributed by atoms with van der Waals surface area (Å²) in [6.07, 6.45) is 4.91. The first-order valence-corrected chi connectivity index (χ1v) is 3.94. The second kappa shape index (κ2) is 6.07. The Bertz CT molecular complexity index is 110. The van der Waals surface area contributed by atoms with Crippen molar-refractivity contribution in [3.63, 3.8) is 0 Å². The van der Waals surface area contributed by atoms with E-state index in [1.54, 1.807) is 18.7 Å². The number of hydrogen-bond acceptors (Lipinski definition) is 2. The molecule has 0 aromatic carbocycles. The van der Waals surface area contributed by atoms with Gasteiger partial charge in [-0.15, -0.1) is 0 Å². The largest absolute Gasteiger partial charge is 0.486 e. The van der Waals surface area contributed by atoms with Crippen molar-refractivity contribution in [2.45, 2.75) is 18.0 Å². The van der Waals surface area contributed by atoms with Gasteiger partial charge in [-0.1, -0.05) is 0 Å². The Hall–Kier alpha value is -0.0600. The van der Waals surface area contributed by atoms with E-state index >= 15 is 0 Å². The molecule has 0 fully saturated rings. The van der Waals surface area contributed by atoms with Gasteiger partial charge in [-0.3, -0.25) is 4.99 Å². The smallest absolute Gasteiger partial charge is 0.145 e. The molecule has 0 aromatic heterocycles. The minimum Gasteiger partial charge on any atom is -0.486 e. The summed E-state index contributed by atoms with van der Waals surface area (Å²) in [6.45, 7) is 3.82. The molecule has 0 aromatic rings. The molecule has 1 unspecified atom stereocenters. The molecule has 0 heterocycles. The van der Waals surface area contributed by atoms with E-state index < -0.39 is 0 Å². The van der Waals surface area contributed by atoms with Gasteiger partial charge < -0.3 is 4.74 Å². The van der Waals surface area contributed by atoms with Gasteiger partial charge in [0.15, 0.2) is 0 Å². The van der Waals surface area contributed by atoms with Crippen LogP contribution in [0, 0.1) is 0 Å². The van der Waals surface area contributed by atoms with E-state index in [1.807, 2.05) is 13.8 Å². The summed E-state index contributed by atoms with van der Waals surface area (Å²) < 4.78 is 5.25. The molecule has 0 aliphatic heterocycles. The number of halogens is 1. The lowest BCUT2D eigenvalue weighted by molar-refractivity contribution is 0.252. The Morgan fingerprint density at radius 2 is 2.33 bits per heavy atom. The Kier molecular flexibility index (Phi) is 6.03. The standard InChI is InChI=1S/C6H10INO/c1-3-8-4-5-9-6(2)7/h3-6H,1-2H3/b5-4-,8-3-. The summed E-state index contributed by atoms with van der Waals surface area (Å²) in [5.41, 5.74) is 0. The van der Waals surface area contributed by atoms with Crippen LogP contribution in [-0.2, 0) is 4.74 Å². The zero-order chi connectivity index (χ0) is 7.11. The van der Waals surface area contributed by atoms with Gasteiger partial charge in [0.2, 0.25) is 0 Å². The van der Waals surface area contributed by atoms with Gasteiger partial charge in [0.1, 0.15) is 10.4 Å². The molecule has 2 nitrogen and oxygen atoms in total. The van der Waals surface area contributed by atoms with Crippen molar-refractivity contribution < 1.29 is 4.74 Å². The zero-order valence-electron chi connectivity index (χ0n) is 5.54. The third-order valence-electron chi connectivity index (χ3n) is 0.562. The molecule has 0 aliphatic rings. The predicted octanol–water partition coefficient (Wildman–Crippen LogP) is 2.35. The number of hydrogen-bond donors (Lipinski definition) is 0. The van der Waals surface area contributed by atoms with Crippen molar-refractivity contribution >= 4 is 28.8 Å². The number of aliphatic imine (C=N–C) groups is 1. The van der Waals surface area contributed by atoms with Gasteiger partial charge in [-0.05, 0) is 36.4 Å². The van der Waals surface area contributed by atoms with Gasteiger partial charge in [0, 0.05) is 6.21 Å². The van der Waals surface area contributed by atoms with Crippen LogP contribution in [-0.4, -0.2) is 10.3 Å². The Morgan fingerprint density at radius 3 is 2.78 bits per heavy atom. The summed E-state index contributed by atoms with van der Waals surface area (Å²) in [5, 5.41) is 0. The molecule has 0 bridgehead atoms. The molecule has 0 N–H and O–H groups in total. The van der Waals surface area contributed by atoms with Crippen molar-refractivity contribution in [3.8, 4) is 0 Å². The zero-order valence-corrected chi connectivity index (χ0v) is 7.70. The average molecular weight is 239 g/mol. The third-order valence-corrected chi connectivity index (χ3v) is 0.856. The van der Waals surface area contributed by atoms with Crippen LogP contribution < -0.4 is 0 Å². The first kappa shape index (κ1) is 8.94. The molecule has 0 aliphatic carbocycles. The molecule has 52 valence electrons. The molecule has 0 amide bonds. The highest BCUT2D eigenvalue weighted by molar-refractivity contribution is 14.1. The summed E-state index contributed by atoms with van der Waals surface area (Å²) in [6, 6.07) is 0. The molecule has 0 radical (unpaired) electrons. The van der Waals surface area contributed by atoms with Gasteiger partial charge in [-0.25, -0.2) is 0 Å². The van der Waals surface area contributed by atoms with Crippen molar-refractivity contribution in [3.05, 3.63) is 12.5 Å². The predicted molar refractivity (Wildman–Crippen MR) is 47.9 cm³/mol. The van der Waals surface area contributed by atoms with Crippen molar-refractivity contribution in [1.82, 2.24) is 0 Å². The number of rotatable bonds is 3. The molecular weight excluding hydrogens is 229 g/mol. The van der Waals surface area contributed by atoms with E-state index in [4.69, 9.17) is 4.74 Å². The number of ether oxygens (including phenoxy) is 1. The maximum Gasteiger partial charge on any atom is 0.145 e. The quantitative estimate of drug-likeness (QED) is 0.320. The fourth-order valence-corrected chi connectivity index (χ4v) is 0.434. The van der Waals surface area contributed by atoms with E-state index in [-0.39, 0.29) is 4.11 Å². The summed E-state index contributed by atoms with van der Waals surface area (Å²) in [5.74, 6) is 0. The Labute approximate surface area is 69.1 Å². The van der Waals surface area contributed by atoms with Crippen molar-refractivity contribution in [2.75, 3.05) is 0 Å². The summed E-state index contributed by atoms with van der Waals surface area (Å²) in [7, 11) is 0. The van der Waals surface area contributed by atoms with E-state index in [2.05, 4.69) is 27.6 Å². The van der Waals surface area contributed by atoms with Gasteiger partial charge in [-0.2, -0.15) is 0 Å². The van der Waals surface area contributed by atoms with E-state index in [0.717, 1.165) is 0 Å². The van der Waals surface area contributed by atoms with Crippen LogP contribution in [0.3, 0.4) is 0 Å². The fraction of sp³-hybridized carbons (Fsp3) is 0.500. The normalized spacial score (nSPS) is 15.0. The topological polar surface area (TPSA) is 21.6 Å². The monoisotopic (exact) mass is 239 g/mol. The first-order chi connectivity index (χ1) is 4.27. The molecule has 3 heteroatoms. The van der Waals surface area contributed by atoms with Crippen molar-refractivity contribution in [2.24, 2.45) is 4.99 Å². The van der Waals surface area contributed by atoms with Crippen LogP contribution >= 0.6 is 22.6 Å². The van der Waals surface area contributed by atoms with E-state index in [0.29, 0.717) is 0 Å². The molecule has 0 spiro atoms. The maximum absolute atomic E-state index is 5.04. The van der Waals surface area contributed by atoms with Gasteiger partial charge in [0.25, 0.3) is 0 Å². The lowest BCUT2D eigenvalue weighted by Crippen LogP contribution is -1.88. The molecule has 0 saturated heterocycles. The van der Waals surface area contributed by atoms with Crippen LogP contribution in [0.25, 0.3) is 0 Å². The molecule has 1 atom stereocenters. The van der Waals surface area contributed by atoms with Crippen LogP contribution in [0.1, 0.15) is 13.8 Å². The minimum atomic E-state index is 0.214. The van der Waals surface area contributed by atoms with Crippen LogP contribution in [0.5, 0.6) is 0 Å². The second-order valence-electron chi connectivity index (χ2n) is 1.37. The van der Waals surface area contributed by atoms with Gasteiger partial charge in [0.05, 0.1) is 6.20 Å². The summed E-state index contributed by atoms with van der Waals surface area (Å²) >= 11 is 2.17. The van der Waals surface area contributed by atoms with E-state index in [1.165, 1.54) is 0 Å². The van der Waals surface area contributed by atoms with Crippen LogP contribution in [0.15, 0.2) is 17.5 Å². The molecule has 0 saturated carbocycles. The SMILES string of the molecule is C/C=N\C=C/OC(C)I. The fourth-order valence-electron chi connectivity index (χ4n) is 0.265. The molecular formula is C6H10INO. The number of nitrogens with zero attached hydrogens (tertiary/aromatic N) is 1. The van der Waals surface area contributed by atoms with E-state index in [9.17, 15) is 0 Å². The number of alkyl halides is 1. The average Bonchev–Trinajstić information content (AvgIpc) is 1.80. The van der Waals surface area contributed by atoms with Crippen LogP contribution in [0.2, 0.25) is 0 Å². The molecule has 9 heavy (non-hydrogen) atoms. The Balaban J connectivity index is 3.25. The maximum atomic E-state index is 5.04. The highest BCUT2D eigenvalue weighted by atomic mass is 127. The van der Waals surface area contributed by atoms with Gasteiger partial charge >= 0.3 is 0 Å². The highest BCUT2D eigenvalue weighted by Gasteiger charge is 1.85. The highest BCUT2D eigenvalue weighted by Crippen LogP contribution is 1.99. The minimum absolute atomic E-state index is 0.214. The second-order valence-corrected chi connectivity index (χ2v) is 3.13. The van der Waals surface area contributed by atoms with Crippen molar-refractivity contribution in [1.29, 1.82) is 0 Å². The Morgan fingerprint density at radius 1 is 1.67 bits per heavy atom. The third kappa shape index (κ3) is 7.94. The molecule has 0 rings (SSSR count). The summed E-state index contributed by atoms with van der Waals surface area (Å²) in [4.78, 5) is 3.81. The lowest BCUT2D eigenvalue weighted by atomic mass is 10.8. The van der Waals surface area contributed by atoms with Crippen LogP contribution in [0.4, 0.5) is 0 Å². The first-order valence-electron chi connectivity index (χ1n) is 2.69.